The van der Waals surface area contributed by atoms with Crippen LogP contribution in [-0.4, -0.2) is 30.8 Å². The van der Waals surface area contributed by atoms with Gasteiger partial charge in [0.15, 0.2) is 0 Å². The summed E-state index contributed by atoms with van der Waals surface area (Å²) in [4.78, 5) is 3.88. The van der Waals surface area contributed by atoms with E-state index in [1.807, 2.05) is 19.1 Å². The van der Waals surface area contributed by atoms with Crippen LogP contribution < -0.4 is 0 Å². The fraction of sp³-hybridized carbons (Fsp3) is 0.364. The third kappa shape index (κ3) is 3.54. The lowest BCUT2D eigenvalue weighted by Crippen LogP contribution is -2.38. The summed E-state index contributed by atoms with van der Waals surface area (Å²) in [7, 11) is -3.39. The number of para-hydroxylation sites is 1. The van der Waals surface area contributed by atoms with Gasteiger partial charge < -0.3 is 4.98 Å². The maximum absolute atomic E-state index is 12.9. The number of hydrogen-bond donors (Lipinski definition) is 1. The molecular weight excluding hydrogens is 356 g/mol. The molecule has 0 unspecified atom stereocenters. The molecule has 0 saturated carbocycles. The lowest BCUT2D eigenvalue weighted by atomic mass is 9.90. The van der Waals surface area contributed by atoms with E-state index < -0.39 is 10.0 Å². The Morgan fingerprint density at radius 3 is 2.52 bits per heavy atom. The van der Waals surface area contributed by atoms with E-state index in [1.165, 1.54) is 22.2 Å². The Morgan fingerprint density at radius 2 is 1.78 bits per heavy atom. The minimum atomic E-state index is -3.39. The third-order valence-corrected chi connectivity index (χ3v) is 7.62. The predicted octanol–water partition coefficient (Wildman–Crippen LogP) is 4.43. The molecule has 1 saturated heterocycles. The first-order chi connectivity index (χ1) is 12.9. The van der Waals surface area contributed by atoms with Gasteiger partial charge in [-0.2, -0.15) is 4.31 Å². The maximum atomic E-state index is 12.9. The zero-order valence-electron chi connectivity index (χ0n) is 15.9. The van der Waals surface area contributed by atoms with Gasteiger partial charge in [-0.1, -0.05) is 30.3 Å². The Balaban J connectivity index is 1.47. The average molecular weight is 383 g/mol. The van der Waals surface area contributed by atoms with Gasteiger partial charge in [-0.25, -0.2) is 8.42 Å². The molecule has 1 fully saturated rings. The van der Waals surface area contributed by atoms with Crippen LogP contribution in [-0.2, 0) is 16.4 Å². The Hall–Kier alpha value is -2.11. The van der Waals surface area contributed by atoms with Crippen LogP contribution in [0, 0.1) is 19.8 Å². The molecule has 1 N–H and O–H groups in total. The Morgan fingerprint density at radius 1 is 1.04 bits per heavy atom. The summed E-state index contributed by atoms with van der Waals surface area (Å²) in [5.41, 5.74) is 4.77. The summed E-state index contributed by atoms with van der Waals surface area (Å²) in [6.45, 7) is 5.26. The van der Waals surface area contributed by atoms with Crippen LogP contribution in [0.5, 0.6) is 0 Å². The number of H-pyrrole nitrogens is 1. The van der Waals surface area contributed by atoms with E-state index in [2.05, 4.69) is 36.2 Å². The highest BCUT2D eigenvalue weighted by Crippen LogP contribution is 2.30. The maximum Gasteiger partial charge on any atom is 0.243 e. The zero-order valence-corrected chi connectivity index (χ0v) is 16.7. The lowest BCUT2D eigenvalue weighted by Gasteiger charge is -2.31. The van der Waals surface area contributed by atoms with Crippen molar-refractivity contribution < 1.29 is 8.42 Å². The van der Waals surface area contributed by atoms with Crippen LogP contribution in [0.3, 0.4) is 0 Å². The minimum Gasteiger partial charge on any atom is -0.358 e. The first-order valence-corrected chi connectivity index (χ1v) is 11.0. The topological polar surface area (TPSA) is 53.2 Å². The normalized spacial score (nSPS) is 16.8. The number of nitrogens with zero attached hydrogens (tertiary/aromatic N) is 1. The molecule has 5 heteroatoms. The fourth-order valence-corrected chi connectivity index (χ4v) is 5.74. The molecule has 1 aliphatic rings. The number of nitrogens with one attached hydrogen (secondary N) is 1. The highest BCUT2D eigenvalue weighted by molar-refractivity contribution is 7.89. The summed E-state index contributed by atoms with van der Waals surface area (Å²) in [5, 5.41) is 1.30. The minimum absolute atomic E-state index is 0.411. The molecule has 2 aromatic carbocycles. The molecule has 3 aromatic rings. The molecule has 0 amide bonds. The molecule has 2 heterocycles. The van der Waals surface area contributed by atoms with Crippen molar-refractivity contribution >= 4 is 20.9 Å². The van der Waals surface area contributed by atoms with Crippen molar-refractivity contribution in [3.05, 3.63) is 65.4 Å². The van der Waals surface area contributed by atoms with Crippen LogP contribution in [0.2, 0.25) is 0 Å². The number of aromatic amines is 1. The number of sulfonamides is 1. The van der Waals surface area contributed by atoms with E-state index in [1.54, 1.807) is 16.4 Å². The second-order valence-electron chi connectivity index (χ2n) is 7.64. The zero-order chi connectivity index (χ0) is 19.0. The molecule has 0 spiro atoms. The molecule has 4 nitrogen and oxygen atoms in total. The highest BCUT2D eigenvalue weighted by atomic mass is 32.2. The first-order valence-electron chi connectivity index (χ1n) is 9.58. The number of piperidine rings is 1. The van der Waals surface area contributed by atoms with E-state index in [9.17, 15) is 8.42 Å². The van der Waals surface area contributed by atoms with Crippen molar-refractivity contribution in [2.75, 3.05) is 13.1 Å². The van der Waals surface area contributed by atoms with Gasteiger partial charge in [0.25, 0.3) is 0 Å². The Bertz CT molecular complexity index is 1060. The lowest BCUT2D eigenvalue weighted by molar-refractivity contribution is 0.273. The smallest absolute Gasteiger partial charge is 0.243 e. The summed E-state index contributed by atoms with van der Waals surface area (Å²) in [6, 6.07) is 15.6. The summed E-state index contributed by atoms with van der Waals surface area (Å²) in [6.07, 6.45) is 2.82. The number of benzene rings is 2. The fourth-order valence-electron chi connectivity index (χ4n) is 4.17. The SMILES string of the molecule is Cc1cccc(S(=O)(=O)N2CCC(Cc3c(C)[nH]c4ccccc34)CC2)c1. The highest BCUT2D eigenvalue weighted by Gasteiger charge is 2.30. The van der Waals surface area contributed by atoms with Crippen LogP contribution in [0.15, 0.2) is 53.4 Å². The van der Waals surface area contributed by atoms with Gasteiger partial charge in [0.1, 0.15) is 0 Å². The van der Waals surface area contributed by atoms with Crippen LogP contribution in [0.25, 0.3) is 10.9 Å². The standard InChI is InChI=1S/C22H26N2O2S/c1-16-6-5-7-19(14-16)27(25,26)24-12-10-18(11-13-24)15-21-17(2)23-22-9-4-3-8-20(21)22/h3-9,14,18,23H,10-13,15H2,1-2H3. The predicted molar refractivity (Wildman–Crippen MR) is 109 cm³/mol. The Kier molecular flexibility index (Phi) is 4.82. The molecule has 0 atom stereocenters. The molecule has 0 bridgehead atoms. The van der Waals surface area contributed by atoms with Gasteiger partial charge in [-0.3, -0.25) is 0 Å². The molecular formula is C22H26N2O2S. The molecule has 142 valence electrons. The van der Waals surface area contributed by atoms with Crippen molar-refractivity contribution in [3.63, 3.8) is 0 Å². The van der Waals surface area contributed by atoms with E-state index in [4.69, 9.17) is 0 Å². The molecule has 4 rings (SSSR count). The number of aryl methyl sites for hydroxylation is 2. The van der Waals surface area contributed by atoms with Crippen LogP contribution in [0.1, 0.15) is 29.7 Å². The van der Waals surface area contributed by atoms with Gasteiger partial charge in [0.2, 0.25) is 10.0 Å². The van der Waals surface area contributed by atoms with E-state index in [0.717, 1.165) is 24.8 Å². The monoisotopic (exact) mass is 382 g/mol. The molecule has 0 radical (unpaired) electrons. The quantitative estimate of drug-likeness (QED) is 0.726. The van der Waals surface area contributed by atoms with E-state index in [0.29, 0.717) is 23.9 Å². The molecule has 1 aromatic heterocycles. The third-order valence-electron chi connectivity index (χ3n) is 5.72. The van der Waals surface area contributed by atoms with Crippen molar-refractivity contribution in [1.29, 1.82) is 0 Å². The second-order valence-corrected chi connectivity index (χ2v) is 9.58. The molecule has 27 heavy (non-hydrogen) atoms. The Labute approximate surface area is 161 Å². The van der Waals surface area contributed by atoms with E-state index in [-0.39, 0.29) is 0 Å². The average Bonchev–Trinajstić information content (AvgIpc) is 2.98. The van der Waals surface area contributed by atoms with Crippen molar-refractivity contribution in [1.82, 2.24) is 9.29 Å². The number of hydrogen-bond acceptors (Lipinski definition) is 2. The number of fused-ring (bicyclic) bond motifs is 1. The van der Waals surface area contributed by atoms with Crippen molar-refractivity contribution in [2.24, 2.45) is 5.92 Å². The summed E-state index contributed by atoms with van der Waals surface area (Å²) < 4.78 is 27.5. The first kappa shape index (κ1) is 18.3. The summed E-state index contributed by atoms with van der Waals surface area (Å²) >= 11 is 0. The molecule has 0 aliphatic carbocycles. The van der Waals surface area contributed by atoms with Gasteiger partial charge >= 0.3 is 0 Å². The number of rotatable bonds is 4. The van der Waals surface area contributed by atoms with Crippen LogP contribution in [0.4, 0.5) is 0 Å². The second kappa shape index (κ2) is 7.13. The molecule has 1 aliphatic heterocycles. The van der Waals surface area contributed by atoms with Gasteiger partial charge in [0.05, 0.1) is 4.90 Å². The van der Waals surface area contributed by atoms with E-state index >= 15 is 0 Å². The van der Waals surface area contributed by atoms with Gasteiger partial charge in [-0.05, 0) is 68.4 Å². The van der Waals surface area contributed by atoms with Crippen molar-refractivity contribution in [3.8, 4) is 0 Å². The largest absolute Gasteiger partial charge is 0.358 e. The van der Waals surface area contributed by atoms with Crippen LogP contribution >= 0.6 is 0 Å². The number of aromatic nitrogens is 1. The van der Waals surface area contributed by atoms with Gasteiger partial charge in [-0.15, -0.1) is 0 Å². The van der Waals surface area contributed by atoms with Crippen molar-refractivity contribution in [2.45, 2.75) is 38.0 Å². The summed E-state index contributed by atoms with van der Waals surface area (Å²) in [5.74, 6) is 0.520. The van der Waals surface area contributed by atoms with Gasteiger partial charge in [0, 0.05) is 29.7 Å².